The normalized spacial score (nSPS) is 21.5. The van der Waals surface area contributed by atoms with E-state index in [9.17, 15) is 4.57 Å². The molecule has 12 rings (SSSR count). The quantitative estimate of drug-likeness (QED) is 0.136. The van der Waals surface area contributed by atoms with Crippen LogP contribution in [0, 0.1) is 23.7 Å². The van der Waals surface area contributed by atoms with E-state index in [1.807, 2.05) is 43.7 Å². The van der Waals surface area contributed by atoms with Crippen LogP contribution in [0.5, 0.6) is 0 Å². The average Bonchev–Trinajstić information content (AvgIpc) is 3.32. The first kappa shape index (κ1) is 38.7. The number of hydrogen-bond acceptors (Lipinski definition) is 4. The van der Waals surface area contributed by atoms with Crippen molar-refractivity contribution in [3.8, 4) is 67.5 Å². The van der Waals surface area contributed by atoms with Gasteiger partial charge in [-0.1, -0.05) is 182 Å². The molecule has 8 aromatic rings. The van der Waals surface area contributed by atoms with Crippen molar-refractivity contribution in [2.75, 3.05) is 13.3 Å². The molecule has 7 aromatic carbocycles. The highest BCUT2D eigenvalue weighted by Crippen LogP contribution is 2.65. The number of benzene rings is 7. The van der Waals surface area contributed by atoms with Gasteiger partial charge in [-0.25, -0.2) is 15.0 Å². The van der Waals surface area contributed by atoms with E-state index in [2.05, 4.69) is 152 Å². The molecule has 0 N–H and O–H groups in total. The van der Waals surface area contributed by atoms with E-state index >= 15 is 0 Å². The van der Waals surface area contributed by atoms with Gasteiger partial charge in [-0.3, -0.25) is 0 Å². The molecule has 4 bridgehead atoms. The molecule has 1 aromatic heterocycles. The van der Waals surface area contributed by atoms with E-state index in [0.717, 1.165) is 45.0 Å². The van der Waals surface area contributed by atoms with Crippen LogP contribution in [0.4, 0.5) is 0 Å². The molecule has 0 atom stereocenters. The van der Waals surface area contributed by atoms with E-state index in [-0.39, 0.29) is 5.41 Å². The first-order chi connectivity index (χ1) is 30.3. The van der Waals surface area contributed by atoms with Crippen molar-refractivity contribution in [2.24, 2.45) is 23.7 Å². The van der Waals surface area contributed by atoms with E-state index < -0.39 is 7.14 Å². The number of aromatic nitrogens is 3. The first-order valence-corrected chi connectivity index (χ1v) is 24.8. The Kier molecular flexibility index (Phi) is 9.73. The van der Waals surface area contributed by atoms with Crippen LogP contribution in [0.2, 0.25) is 0 Å². The average molecular weight is 824 g/mol. The fourth-order valence-electron chi connectivity index (χ4n) is 11.6. The molecule has 0 aliphatic heterocycles. The number of hydrogen-bond donors (Lipinski definition) is 0. The van der Waals surface area contributed by atoms with Gasteiger partial charge >= 0.3 is 0 Å². The van der Waals surface area contributed by atoms with Crippen molar-refractivity contribution < 1.29 is 4.57 Å². The van der Waals surface area contributed by atoms with E-state index in [0.29, 0.717) is 29.3 Å². The zero-order chi connectivity index (χ0) is 41.8. The highest BCUT2D eigenvalue weighted by molar-refractivity contribution is 7.70. The topological polar surface area (TPSA) is 55.7 Å². The van der Waals surface area contributed by atoms with Gasteiger partial charge in [0, 0.05) is 27.4 Å². The Bertz CT molecular complexity index is 2890. The first-order valence-electron chi connectivity index (χ1n) is 22.2. The van der Waals surface area contributed by atoms with Crippen LogP contribution >= 0.6 is 7.14 Å². The van der Waals surface area contributed by atoms with Gasteiger partial charge in [-0.2, -0.15) is 0 Å². The minimum Gasteiger partial charge on any atom is -0.319 e. The highest BCUT2D eigenvalue weighted by atomic mass is 31.2. The lowest BCUT2D eigenvalue weighted by molar-refractivity contribution is -0.0418. The summed E-state index contributed by atoms with van der Waals surface area (Å²) in [5.74, 6) is 4.94. The highest BCUT2D eigenvalue weighted by Gasteiger charge is 2.58. The summed E-state index contributed by atoms with van der Waals surface area (Å²) < 4.78 is 12.7. The van der Waals surface area contributed by atoms with Gasteiger partial charge in [0.05, 0.1) is 0 Å². The zero-order valence-corrected chi connectivity index (χ0v) is 36.3. The van der Waals surface area contributed by atoms with E-state index in [1.54, 1.807) is 0 Å². The van der Waals surface area contributed by atoms with Crippen LogP contribution in [-0.2, 0) is 9.98 Å². The summed E-state index contributed by atoms with van der Waals surface area (Å²) in [6.07, 6.45) is 6.63. The second-order valence-corrected chi connectivity index (χ2v) is 21.6. The summed E-state index contributed by atoms with van der Waals surface area (Å²) in [7, 11) is -2.30. The lowest BCUT2D eigenvalue weighted by Gasteiger charge is -2.62. The Morgan fingerprint density at radius 3 is 1.18 bits per heavy atom. The molecule has 4 saturated carbocycles. The van der Waals surface area contributed by atoms with E-state index in [1.165, 1.54) is 65.5 Å². The van der Waals surface area contributed by atoms with Crippen LogP contribution in [0.1, 0.15) is 43.2 Å². The standard InChI is InChI=1S/C57H50N3OP/c1-62(2,61)51-31-25-41(26-32-51)40-21-27-47(28-22-40)57(49-34-38-33-39(36-49)37-50(57)35-38)48-29-23-46(24-30-48)56-59-54(44-13-7-4-8-14-44)58-55(60-56)45-19-17-43(18-20-45)53-16-10-9-15-52(53)42-11-5-3-6-12-42/h3-32,38-39,49-50H,33-37H2,1-2H3. The van der Waals surface area contributed by atoms with Crippen molar-refractivity contribution in [1.82, 2.24) is 15.0 Å². The van der Waals surface area contributed by atoms with Gasteiger partial charge in [-0.05, 0) is 114 Å². The van der Waals surface area contributed by atoms with E-state index in [4.69, 9.17) is 15.0 Å². The maximum absolute atomic E-state index is 12.7. The molecule has 0 amide bonds. The van der Waals surface area contributed by atoms with Crippen molar-refractivity contribution >= 4 is 12.4 Å². The fraction of sp³-hybridized carbons (Fsp3) is 0.211. The molecule has 0 radical (unpaired) electrons. The van der Waals surface area contributed by atoms with Gasteiger partial charge in [0.15, 0.2) is 17.5 Å². The summed E-state index contributed by atoms with van der Waals surface area (Å²) in [6, 6.07) is 65.1. The predicted octanol–water partition coefficient (Wildman–Crippen LogP) is 13.9. The fourth-order valence-corrected chi connectivity index (χ4v) is 12.5. The van der Waals surface area contributed by atoms with Gasteiger partial charge in [-0.15, -0.1) is 0 Å². The van der Waals surface area contributed by atoms with Crippen LogP contribution in [-0.4, -0.2) is 28.3 Å². The smallest absolute Gasteiger partial charge is 0.164 e. The van der Waals surface area contributed by atoms with Crippen LogP contribution < -0.4 is 5.30 Å². The summed E-state index contributed by atoms with van der Waals surface area (Å²) in [4.78, 5) is 15.4. The second-order valence-electron chi connectivity index (χ2n) is 18.4. The van der Waals surface area contributed by atoms with Crippen molar-refractivity contribution in [3.05, 3.63) is 193 Å². The monoisotopic (exact) mass is 823 g/mol. The summed E-state index contributed by atoms with van der Waals surface area (Å²) in [5.41, 5.74) is 12.8. The number of rotatable bonds is 9. The third-order valence-electron chi connectivity index (χ3n) is 14.4. The third kappa shape index (κ3) is 6.95. The largest absolute Gasteiger partial charge is 0.319 e. The molecule has 62 heavy (non-hydrogen) atoms. The molecule has 1 heterocycles. The molecular formula is C57H50N3OP. The van der Waals surface area contributed by atoms with Gasteiger partial charge in [0.2, 0.25) is 0 Å². The summed E-state index contributed by atoms with van der Waals surface area (Å²) in [6.45, 7) is 3.68. The third-order valence-corrected chi connectivity index (χ3v) is 15.9. The van der Waals surface area contributed by atoms with Crippen LogP contribution in [0.3, 0.4) is 0 Å². The lowest BCUT2D eigenvalue weighted by Crippen LogP contribution is -2.56. The minimum absolute atomic E-state index is 0.0360. The Balaban J connectivity index is 0.956. The van der Waals surface area contributed by atoms with Crippen molar-refractivity contribution in [3.63, 3.8) is 0 Å². The molecule has 4 aliphatic carbocycles. The van der Waals surface area contributed by atoms with Gasteiger partial charge in [0.25, 0.3) is 0 Å². The molecule has 5 heteroatoms. The molecule has 304 valence electrons. The maximum Gasteiger partial charge on any atom is 0.164 e. The zero-order valence-electron chi connectivity index (χ0n) is 35.4. The van der Waals surface area contributed by atoms with Gasteiger partial charge in [0.1, 0.15) is 7.14 Å². The van der Waals surface area contributed by atoms with Crippen molar-refractivity contribution in [2.45, 2.75) is 37.5 Å². The molecule has 4 aliphatic rings. The Morgan fingerprint density at radius 1 is 0.387 bits per heavy atom. The molecule has 0 spiro atoms. The van der Waals surface area contributed by atoms with Crippen LogP contribution in [0.15, 0.2) is 182 Å². The lowest BCUT2D eigenvalue weighted by atomic mass is 9.42. The Morgan fingerprint density at radius 2 is 0.726 bits per heavy atom. The summed E-state index contributed by atoms with van der Waals surface area (Å²) >= 11 is 0. The van der Waals surface area contributed by atoms with Crippen LogP contribution in [0.25, 0.3) is 67.5 Å². The minimum atomic E-state index is -2.30. The molecule has 4 nitrogen and oxygen atoms in total. The van der Waals surface area contributed by atoms with Crippen molar-refractivity contribution in [1.29, 1.82) is 0 Å². The summed E-state index contributed by atoms with van der Waals surface area (Å²) in [5, 5.41) is 0.925. The molecule has 0 unspecified atom stereocenters. The Labute approximate surface area is 365 Å². The number of nitrogens with zero attached hydrogens (tertiary/aromatic N) is 3. The molecule has 4 fully saturated rings. The second kappa shape index (κ2) is 15.6. The molecule has 0 saturated heterocycles. The Hall–Kier alpha value is -6.22. The SMILES string of the molecule is CP(C)(=O)c1ccc(-c2ccc(C3(c4ccc(-c5nc(-c6ccccc6)nc(-c6ccc(-c7ccccc7-c7ccccc7)cc6)n5)cc4)C4CC5CC(C4)CC3C5)cc2)cc1. The maximum atomic E-state index is 12.7. The molecular weight excluding hydrogens is 774 g/mol. The predicted molar refractivity (Wildman–Crippen MR) is 256 cm³/mol. The van der Waals surface area contributed by atoms with Gasteiger partial charge < -0.3 is 4.57 Å².